The average molecular weight is 220 g/mol. The first-order chi connectivity index (χ1) is 7.72. The summed E-state index contributed by atoms with van der Waals surface area (Å²) in [6, 6.07) is 7.64. The number of carboxylic acid groups (broad SMARTS) is 1. The number of benzene rings is 1. The topological polar surface area (TPSA) is 46.5 Å². The largest absolute Gasteiger partial charge is 0.478 e. The minimum Gasteiger partial charge on any atom is -0.478 e. The van der Waals surface area contributed by atoms with Gasteiger partial charge in [0.15, 0.2) is 0 Å². The zero-order chi connectivity index (χ0) is 11.8. The molecule has 1 N–H and O–H groups in total. The van der Waals surface area contributed by atoms with E-state index in [1.54, 1.807) is 6.08 Å². The van der Waals surface area contributed by atoms with Crippen LogP contribution in [0.15, 0.2) is 30.3 Å². The van der Waals surface area contributed by atoms with Gasteiger partial charge in [0, 0.05) is 12.7 Å². The molecule has 0 spiro atoms. The maximum Gasteiger partial charge on any atom is 0.328 e. The van der Waals surface area contributed by atoms with Crippen LogP contribution in [-0.4, -0.2) is 17.7 Å². The SMILES string of the molecule is CCCOCc1ccc(/C=C/C(=O)O)cc1. The number of hydrogen-bond acceptors (Lipinski definition) is 2. The molecule has 0 atom stereocenters. The second kappa shape index (κ2) is 6.80. The first-order valence-electron chi connectivity index (χ1n) is 5.30. The molecular formula is C13H16O3. The van der Waals surface area contributed by atoms with Crippen LogP contribution in [-0.2, 0) is 16.1 Å². The van der Waals surface area contributed by atoms with Crippen molar-refractivity contribution in [1.82, 2.24) is 0 Å². The van der Waals surface area contributed by atoms with Gasteiger partial charge in [0.2, 0.25) is 0 Å². The minimum absolute atomic E-state index is 0.608. The van der Waals surface area contributed by atoms with Crippen molar-refractivity contribution < 1.29 is 14.6 Å². The second-order valence-electron chi connectivity index (χ2n) is 3.47. The average Bonchev–Trinajstić information content (AvgIpc) is 2.28. The number of ether oxygens (including phenoxy) is 1. The number of aliphatic carboxylic acids is 1. The zero-order valence-corrected chi connectivity index (χ0v) is 9.35. The molecule has 3 nitrogen and oxygen atoms in total. The summed E-state index contributed by atoms with van der Waals surface area (Å²) < 4.78 is 5.39. The third-order valence-electron chi connectivity index (χ3n) is 2.02. The van der Waals surface area contributed by atoms with E-state index < -0.39 is 5.97 Å². The van der Waals surface area contributed by atoms with Gasteiger partial charge in [0.25, 0.3) is 0 Å². The smallest absolute Gasteiger partial charge is 0.328 e. The summed E-state index contributed by atoms with van der Waals surface area (Å²) in [4.78, 5) is 10.3. The molecule has 86 valence electrons. The lowest BCUT2D eigenvalue weighted by molar-refractivity contribution is -0.131. The molecule has 0 saturated carbocycles. The highest BCUT2D eigenvalue weighted by Crippen LogP contribution is 2.07. The van der Waals surface area contributed by atoms with Crippen LogP contribution < -0.4 is 0 Å². The summed E-state index contributed by atoms with van der Waals surface area (Å²) in [6.45, 7) is 3.44. The molecule has 0 fully saturated rings. The van der Waals surface area contributed by atoms with Gasteiger partial charge < -0.3 is 9.84 Å². The third kappa shape index (κ3) is 4.75. The summed E-state index contributed by atoms with van der Waals surface area (Å²) in [5.74, 6) is -0.935. The summed E-state index contributed by atoms with van der Waals surface area (Å²) in [5, 5.41) is 8.47. The Morgan fingerprint density at radius 3 is 2.62 bits per heavy atom. The third-order valence-corrected chi connectivity index (χ3v) is 2.02. The molecule has 1 aromatic rings. The Balaban J connectivity index is 2.51. The van der Waals surface area contributed by atoms with E-state index in [-0.39, 0.29) is 0 Å². The fourth-order valence-electron chi connectivity index (χ4n) is 1.23. The molecular weight excluding hydrogens is 204 g/mol. The molecule has 0 saturated heterocycles. The van der Waals surface area contributed by atoms with Gasteiger partial charge in [0.05, 0.1) is 6.61 Å². The second-order valence-corrected chi connectivity index (χ2v) is 3.47. The highest BCUT2D eigenvalue weighted by molar-refractivity contribution is 5.85. The summed E-state index contributed by atoms with van der Waals surface area (Å²) in [7, 11) is 0. The summed E-state index contributed by atoms with van der Waals surface area (Å²) in [5.41, 5.74) is 1.97. The number of carbonyl (C=O) groups is 1. The lowest BCUT2D eigenvalue weighted by Gasteiger charge is -2.02. The van der Waals surface area contributed by atoms with Crippen molar-refractivity contribution in [3.63, 3.8) is 0 Å². The van der Waals surface area contributed by atoms with E-state index in [0.717, 1.165) is 30.2 Å². The highest BCUT2D eigenvalue weighted by Gasteiger charge is 1.93. The van der Waals surface area contributed by atoms with Crippen LogP contribution >= 0.6 is 0 Å². The van der Waals surface area contributed by atoms with Crippen LogP contribution in [0.25, 0.3) is 6.08 Å². The molecule has 0 aliphatic heterocycles. The first kappa shape index (κ1) is 12.5. The molecule has 1 rings (SSSR count). The Morgan fingerprint density at radius 1 is 1.38 bits per heavy atom. The fourth-order valence-corrected chi connectivity index (χ4v) is 1.23. The molecule has 0 bridgehead atoms. The van der Waals surface area contributed by atoms with Crippen LogP contribution in [0.1, 0.15) is 24.5 Å². The van der Waals surface area contributed by atoms with E-state index in [0.29, 0.717) is 6.61 Å². The van der Waals surface area contributed by atoms with Crippen LogP contribution in [0.5, 0.6) is 0 Å². The van der Waals surface area contributed by atoms with Crippen molar-refractivity contribution in [3.05, 3.63) is 41.5 Å². The maximum absolute atomic E-state index is 10.3. The van der Waals surface area contributed by atoms with Crippen molar-refractivity contribution in [2.45, 2.75) is 20.0 Å². The van der Waals surface area contributed by atoms with E-state index in [4.69, 9.17) is 9.84 Å². The van der Waals surface area contributed by atoms with Gasteiger partial charge in [0.1, 0.15) is 0 Å². The standard InChI is InChI=1S/C13H16O3/c1-2-9-16-10-12-5-3-11(4-6-12)7-8-13(14)15/h3-8H,2,9-10H2,1H3,(H,14,15)/b8-7+. The van der Waals surface area contributed by atoms with Crippen molar-refractivity contribution >= 4 is 12.0 Å². The van der Waals surface area contributed by atoms with Crippen molar-refractivity contribution in [3.8, 4) is 0 Å². The predicted molar refractivity (Wildman–Crippen MR) is 63.1 cm³/mol. The Kier molecular flexibility index (Phi) is 5.29. The van der Waals surface area contributed by atoms with Gasteiger partial charge >= 0.3 is 5.97 Å². The van der Waals surface area contributed by atoms with E-state index in [1.807, 2.05) is 24.3 Å². The van der Waals surface area contributed by atoms with Crippen LogP contribution in [0.2, 0.25) is 0 Å². The van der Waals surface area contributed by atoms with Crippen LogP contribution in [0.3, 0.4) is 0 Å². The predicted octanol–water partition coefficient (Wildman–Crippen LogP) is 2.71. The van der Waals surface area contributed by atoms with Gasteiger partial charge in [-0.15, -0.1) is 0 Å². The lowest BCUT2D eigenvalue weighted by Crippen LogP contribution is -1.93. The Hall–Kier alpha value is -1.61. The Bertz CT molecular complexity index is 352. The summed E-state index contributed by atoms with van der Waals surface area (Å²) in [6.07, 6.45) is 3.71. The van der Waals surface area contributed by atoms with Gasteiger partial charge in [-0.1, -0.05) is 31.2 Å². The van der Waals surface area contributed by atoms with Crippen molar-refractivity contribution in [2.75, 3.05) is 6.61 Å². The summed E-state index contributed by atoms with van der Waals surface area (Å²) >= 11 is 0. The van der Waals surface area contributed by atoms with Crippen LogP contribution in [0, 0.1) is 0 Å². The van der Waals surface area contributed by atoms with Gasteiger partial charge in [-0.05, 0) is 23.6 Å². The zero-order valence-electron chi connectivity index (χ0n) is 9.35. The monoisotopic (exact) mass is 220 g/mol. The molecule has 0 heterocycles. The lowest BCUT2D eigenvalue weighted by atomic mass is 10.1. The van der Waals surface area contributed by atoms with Crippen molar-refractivity contribution in [1.29, 1.82) is 0 Å². The van der Waals surface area contributed by atoms with Gasteiger partial charge in [-0.3, -0.25) is 0 Å². The van der Waals surface area contributed by atoms with Crippen molar-refractivity contribution in [2.24, 2.45) is 0 Å². The van der Waals surface area contributed by atoms with E-state index in [1.165, 1.54) is 0 Å². The van der Waals surface area contributed by atoms with E-state index in [9.17, 15) is 4.79 Å². The molecule has 0 aliphatic carbocycles. The van der Waals surface area contributed by atoms with Gasteiger partial charge in [-0.2, -0.15) is 0 Å². The maximum atomic E-state index is 10.3. The van der Waals surface area contributed by atoms with E-state index in [2.05, 4.69) is 6.92 Å². The minimum atomic E-state index is -0.935. The fraction of sp³-hybridized carbons (Fsp3) is 0.308. The Labute approximate surface area is 95.4 Å². The van der Waals surface area contributed by atoms with Crippen LogP contribution in [0.4, 0.5) is 0 Å². The molecule has 0 aliphatic rings. The normalized spacial score (nSPS) is 10.8. The molecule has 0 aromatic heterocycles. The van der Waals surface area contributed by atoms with E-state index >= 15 is 0 Å². The number of carboxylic acids is 1. The van der Waals surface area contributed by atoms with Gasteiger partial charge in [-0.25, -0.2) is 4.79 Å². The Morgan fingerprint density at radius 2 is 2.06 bits per heavy atom. The molecule has 0 amide bonds. The molecule has 1 aromatic carbocycles. The molecule has 0 unspecified atom stereocenters. The molecule has 0 radical (unpaired) electrons. The first-order valence-corrected chi connectivity index (χ1v) is 5.30. The number of rotatable bonds is 6. The number of hydrogen-bond donors (Lipinski definition) is 1. The highest BCUT2D eigenvalue weighted by atomic mass is 16.5. The molecule has 3 heteroatoms. The molecule has 16 heavy (non-hydrogen) atoms. The quantitative estimate of drug-likeness (QED) is 0.592.